The Hall–Kier alpha value is -2.14. The van der Waals surface area contributed by atoms with Crippen molar-refractivity contribution < 1.29 is 14.3 Å². The molecule has 0 spiro atoms. The van der Waals surface area contributed by atoms with E-state index >= 15 is 0 Å². The summed E-state index contributed by atoms with van der Waals surface area (Å²) in [6.45, 7) is 9.89. The topological polar surface area (TPSA) is 53.3 Å². The van der Waals surface area contributed by atoms with Crippen molar-refractivity contribution >= 4 is 5.97 Å². The number of carbonyl (C=O) groups excluding carboxylic acids is 1. The lowest BCUT2D eigenvalue weighted by Crippen LogP contribution is -2.17. The van der Waals surface area contributed by atoms with Crippen LogP contribution in [0.4, 0.5) is 0 Å². The second-order valence-electron chi connectivity index (χ2n) is 6.65. The van der Waals surface area contributed by atoms with Crippen LogP contribution in [0.15, 0.2) is 36.4 Å². The van der Waals surface area contributed by atoms with Gasteiger partial charge >= 0.3 is 5.97 Å². The molecule has 0 atom stereocenters. The van der Waals surface area contributed by atoms with Crippen LogP contribution in [-0.2, 0) is 28.0 Å². The molecule has 0 aliphatic heterocycles. The lowest BCUT2D eigenvalue weighted by molar-refractivity contribution is 0.0505. The van der Waals surface area contributed by atoms with E-state index in [0.29, 0.717) is 32.1 Å². The Labute approximate surface area is 143 Å². The Morgan fingerprint density at radius 3 is 2.54 bits per heavy atom. The Morgan fingerprint density at radius 1 is 1.21 bits per heavy atom. The van der Waals surface area contributed by atoms with E-state index in [1.165, 1.54) is 0 Å². The molecule has 2 aromatic rings. The molecule has 0 saturated carbocycles. The van der Waals surface area contributed by atoms with Crippen LogP contribution < -0.4 is 0 Å². The molecule has 130 valence electrons. The summed E-state index contributed by atoms with van der Waals surface area (Å²) in [5.74, 6) is -0.344. The number of hydrogen-bond donors (Lipinski definition) is 0. The first-order chi connectivity index (χ1) is 11.4. The van der Waals surface area contributed by atoms with Crippen molar-refractivity contribution in [3.8, 4) is 0 Å². The monoisotopic (exact) mass is 330 g/mol. The maximum Gasteiger partial charge on any atom is 0.356 e. The Balaban J connectivity index is 2.02. The SMILES string of the molecule is CCOC(=O)c1cc(C(C)(C)C)nn1CCOCc1ccccc1. The molecule has 0 amide bonds. The van der Waals surface area contributed by atoms with Gasteiger partial charge in [0, 0.05) is 5.41 Å². The molecule has 5 nitrogen and oxygen atoms in total. The second kappa shape index (κ2) is 8.11. The fraction of sp³-hybridized carbons (Fsp3) is 0.474. The highest BCUT2D eigenvalue weighted by molar-refractivity contribution is 5.87. The van der Waals surface area contributed by atoms with Crippen LogP contribution in [0.2, 0.25) is 0 Å². The first-order valence-corrected chi connectivity index (χ1v) is 8.29. The summed E-state index contributed by atoms with van der Waals surface area (Å²) in [5.41, 5.74) is 2.34. The summed E-state index contributed by atoms with van der Waals surface area (Å²) < 4.78 is 12.5. The molecule has 1 heterocycles. The van der Waals surface area contributed by atoms with Gasteiger partial charge in [-0.1, -0.05) is 51.1 Å². The molecule has 0 bridgehead atoms. The molecule has 0 radical (unpaired) electrons. The van der Waals surface area contributed by atoms with Crippen LogP contribution in [0.25, 0.3) is 0 Å². The zero-order valence-electron chi connectivity index (χ0n) is 14.9. The number of benzene rings is 1. The van der Waals surface area contributed by atoms with E-state index in [0.717, 1.165) is 11.3 Å². The molecular formula is C19H26N2O3. The number of esters is 1. The van der Waals surface area contributed by atoms with E-state index < -0.39 is 0 Å². The third-order valence-corrected chi connectivity index (χ3v) is 3.59. The van der Waals surface area contributed by atoms with Gasteiger partial charge in [0.05, 0.1) is 32.1 Å². The van der Waals surface area contributed by atoms with Gasteiger partial charge in [-0.25, -0.2) is 4.79 Å². The average Bonchev–Trinajstić information content (AvgIpc) is 2.97. The Kier molecular flexibility index (Phi) is 6.15. The van der Waals surface area contributed by atoms with Gasteiger partial charge in [0.2, 0.25) is 0 Å². The number of hydrogen-bond acceptors (Lipinski definition) is 4. The van der Waals surface area contributed by atoms with Gasteiger partial charge in [0.15, 0.2) is 0 Å². The number of aromatic nitrogens is 2. The van der Waals surface area contributed by atoms with Crippen LogP contribution in [0.3, 0.4) is 0 Å². The minimum Gasteiger partial charge on any atom is -0.461 e. The summed E-state index contributed by atoms with van der Waals surface area (Å²) in [6.07, 6.45) is 0. The van der Waals surface area contributed by atoms with Crippen molar-refractivity contribution in [3.05, 3.63) is 53.3 Å². The van der Waals surface area contributed by atoms with E-state index in [1.54, 1.807) is 11.6 Å². The van der Waals surface area contributed by atoms with Gasteiger partial charge in [0.25, 0.3) is 0 Å². The summed E-state index contributed by atoms with van der Waals surface area (Å²) in [5, 5.41) is 4.57. The normalized spacial score (nSPS) is 11.5. The molecule has 0 fully saturated rings. The standard InChI is InChI=1S/C19H26N2O3/c1-5-24-18(22)16-13-17(19(2,3)4)20-21(16)11-12-23-14-15-9-7-6-8-10-15/h6-10,13H,5,11-12,14H2,1-4H3. The molecule has 2 rings (SSSR count). The minimum absolute atomic E-state index is 0.128. The maximum atomic E-state index is 12.1. The molecule has 0 aliphatic carbocycles. The molecule has 24 heavy (non-hydrogen) atoms. The molecule has 0 saturated heterocycles. The minimum atomic E-state index is -0.344. The zero-order valence-corrected chi connectivity index (χ0v) is 14.9. The highest BCUT2D eigenvalue weighted by Crippen LogP contribution is 2.22. The van der Waals surface area contributed by atoms with E-state index in [-0.39, 0.29) is 11.4 Å². The van der Waals surface area contributed by atoms with Crippen molar-refractivity contribution in [1.82, 2.24) is 9.78 Å². The first-order valence-electron chi connectivity index (χ1n) is 8.29. The fourth-order valence-corrected chi connectivity index (χ4v) is 2.24. The van der Waals surface area contributed by atoms with Gasteiger partial charge in [-0.05, 0) is 18.6 Å². The van der Waals surface area contributed by atoms with Gasteiger partial charge in [-0.2, -0.15) is 5.10 Å². The summed E-state index contributed by atoms with van der Waals surface area (Å²) >= 11 is 0. The zero-order chi connectivity index (χ0) is 17.6. The van der Waals surface area contributed by atoms with Crippen molar-refractivity contribution in [1.29, 1.82) is 0 Å². The van der Waals surface area contributed by atoms with Crippen molar-refractivity contribution in [2.75, 3.05) is 13.2 Å². The molecule has 0 aliphatic rings. The van der Waals surface area contributed by atoms with E-state index in [4.69, 9.17) is 9.47 Å². The molecule has 0 N–H and O–H groups in total. The molecular weight excluding hydrogens is 304 g/mol. The largest absolute Gasteiger partial charge is 0.461 e. The van der Waals surface area contributed by atoms with Crippen molar-refractivity contribution in [2.45, 2.75) is 46.3 Å². The fourth-order valence-electron chi connectivity index (χ4n) is 2.24. The summed E-state index contributed by atoms with van der Waals surface area (Å²) in [4.78, 5) is 12.1. The Bertz CT molecular complexity index is 657. The lowest BCUT2D eigenvalue weighted by atomic mass is 9.92. The third kappa shape index (κ3) is 4.93. The highest BCUT2D eigenvalue weighted by Gasteiger charge is 2.23. The summed E-state index contributed by atoms with van der Waals surface area (Å²) in [6, 6.07) is 11.8. The predicted octanol–water partition coefficient (Wildman–Crippen LogP) is 3.57. The second-order valence-corrected chi connectivity index (χ2v) is 6.65. The van der Waals surface area contributed by atoms with Crippen molar-refractivity contribution in [2.24, 2.45) is 0 Å². The smallest absolute Gasteiger partial charge is 0.356 e. The van der Waals surface area contributed by atoms with E-state index in [1.807, 2.05) is 36.4 Å². The van der Waals surface area contributed by atoms with Gasteiger partial charge < -0.3 is 9.47 Å². The third-order valence-electron chi connectivity index (χ3n) is 3.59. The van der Waals surface area contributed by atoms with Crippen LogP contribution in [0.5, 0.6) is 0 Å². The lowest BCUT2D eigenvalue weighted by Gasteiger charge is -2.14. The summed E-state index contributed by atoms with van der Waals surface area (Å²) in [7, 11) is 0. The average molecular weight is 330 g/mol. The Morgan fingerprint density at radius 2 is 1.92 bits per heavy atom. The maximum absolute atomic E-state index is 12.1. The van der Waals surface area contributed by atoms with E-state index in [9.17, 15) is 4.79 Å². The van der Waals surface area contributed by atoms with Crippen LogP contribution in [-0.4, -0.2) is 29.0 Å². The molecule has 1 aromatic heterocycles. The predicted molar refractivity (Wildman–Crippen MR) is 93.0 cm³/mol. The number of ether oxygens (including phenoxy) is 2. The van der Waals surface area contributed by atoms with Gasteiger partial charge in [0.1, 0.15) is 5.69 Å². The molecule has 0 unspecified atom stereocenters. The first kappa shape index (κ1) is 18.2. The quantitative estimate of drug-likeness (QED) is 0.575. The molecule has 1 aromatic carbocycles. The van der Waals surface area contributed by atoms with Gasteiger partial charge in [-0.15, -0.1) is 0 Å². The number of nitrogens with zero attached hydrogens (tertiary/aromatic N) is 2. The van der Waals surface area contributed by atoms with Crippen LogP contribution >= 0.6 is 0 Å². The number of rotatable bonds is 7. The van der Waals surface area contributed by atoms with Crippen LogP contribution in [0, 0.1) is 0 Å². The van der Waals surface area contributed by atoms with E-state index in [2.05, 4.69) is 25.9 Å². The van der Waals surface area contributed by atoms with Gasteiger partial charge in [-0.3, -0.25) is 4.68 Å². The number of carbonyl (C=O) groups is 1. The highest BCUT2D eigenvalue weighted by atomic mass is 16.5. The molecule has 5 heteroatoms. The van der Waals surface area contributed by atoms with Crippen LogP contribution in [0.1, 0.15) is 49.4 Å². The van der Waals surface area contributed by atoms with Crippen molar-refractivity contribution in [3.63, 3.8) is 0 Å².